The molecule has 1 aliphatic rings. The molecule has 2 aromatic carbocycles. The van der Waals surface area contributed by atoms with Gasteiger partial charge in [0.25, 0.3) is 0 Å². The molecule has 2 aromatic rings. The molecule has 1 aliphatic heterocycles. The fourth-order valence-corrected chi connectivity index (χ4v) is 5.18. The number of halogens is 2. The molecule has 25 heavy (non-hydrogen) atoms. The number of benzene rings is 2. The fourth-order valence-electron chi connectivity index (χ4n) is 2.89. The molecular weight excluding hydrogens is 385 g/mol. The van der Waals surface area contributed by atoms with Crippen molar-refractivity contribution in [2.24, 2.45) is 0 Å². The molecule has 0 aliphatic carbocycles. The van der Waals surface area contributed by atoms with Crippen LogP contribution in [0.15, 0.2) is 47.4 Å². The van der Waals surface area contributed by atoms with Crippen molar-refractivity contribution in [1.29, 1.82) is 0 Å². The molecule has 0 bridgehead atoms. The molecule has 3 rings (SSSR count). The largest absolute Gasteiger partial charge is 0.468 e. The van der Waals surface area contributed by atoms with Gasteiger partial charge in [0.05, 0.1) is 12.1 Å². The second kappa shape index (κ2) is 6.96. The van der Waals surface area contributed by atoms with Crippen LogP contribution >= 0.6 is 23.2 Å². The Balaban J connectivity index is 2.11. The van der Waals surface area contributed by atoms with Crippen molar-refractivity contribution in [2.45, 2.75) is 23.9 Å². The Morgan fingerprint density at radius 3 is 2.52 bits per heavy atom. The molecule has 0 unspecified atom stereocenters. The maximum Gasteiger partial charge on any atom is 0.324 e. The maximum absolute atomic E-state index is 13.2. The third kappa shape index (κ3) is 3.40. The Labute approximate surface area is 156 Å². The first-order valence-electron chi connectivity index (χ1n) is 7.46. The lowest BCUT2D eigenvalue weighted by molar-refractivity contribution is -0.145. The maximum atomic E-state index is 13.2. The van der Waals surface area contributed by atoms with Crippen LogP contribution in [0, 0.1) is 0 Å². The third-order valence-corrected chi connectivity index (χ3v) is 6.73. The van der Waals surface area contributed by atoms with Crippen LogP contribution in [0.5, 0.6) is 0 Å². The highest BCUT2D eigenvalue weighted by Gasteiger charge is 2.41. The molecule has 0 saturated carbocycles. The zero-order valence-electron chi connectivity index (χ0n) is 13.3. The molecule has 0 spiro atoms. The lowest BCUT2D eigenvalue weighted by Crippen LogP contribution is -2.49. The lowest BCUT2D eigenvalue weighted by atomic mass is 9.96. The minimum atomic E-state index is -4.05. The number of carbonyl (C=O) groups is 1. The normalized spacial score (nSPS) is 17.8. The molecular formula is C17H15Cl2NO4S. The Kier molecular flexibility index (Phi) is 5.06. The molecule has 0 fully saturated rings. The highest BCUT2D eigenvalue weighted by atomic mass is 35.5. The minimum absolute atomic E-state index is 0.0480. The van der Waals surface area contributed by atoms with Crippen LogP contribution in [0.1, 0.15) is 11.1 Å². The van der Waals surface area contributed by atoms with E-state index in [1.54, 1.807) is 0 Å². The third-order valence-electron chi connectivity index (χ3n) is 4.16. The molecule has 0 aromatic heterocycles. The summed E-state index contributed by atoms with van der Waals surface area (Å²) < 4.78 is 32.3. The summed E-state index contributed by atoms with van der Waals surface area (Å²) in [6.45, 7) is 0.0567. The summed E-state index contributed by atoms with van der Waals surface area (Å²) in [5.74, 6) is -0.615. The summed E-state index contributed by atoms with van der Waals surface area (Å²) in [6.07, 6.45) is 0.236. The number of ether oxygens (including phenoxy) is 1. The first kappa shape index (κ1) is 18.2. The first-order chi connectivity index (χ1) is 11.8. The van der Waals surface area contributed by atoms with Crippen LogP contribution < -0.4 is 0 Å². The highest BCUT2D eigenvalue weighted by Crippen LogP contribution is 2.33. The summed E-state index contributed by atoms with van der Waals surface area (Å²) in [5.41, 5.74) is 1.76. The average Bonchev–Trinajstić information content (AvgIpc) is 2.61. The van der Waals surface area contributed by atoms with Crippen molar-refractivity contribution in [3.05, 3.63) is 63.6 Å². The zero-order valence-corrected chi connectivity index (χ0v) is 15.6. The summed E-state index contributed by atoms with van der Waals surface area (Å²) in [6, 6.07) is 10.6. The van der Waals surface area contributed by atoms with Crippen molar-refractivity contribution in [3.8, 4) is 0 Å². The monoisotopic (exact) mass is 399 g/mol. The van der Waals surface area contributed by atoms with E-state index < -0.39 is 22.0 Å². The van der Waals surface area contributed by atoms with E-state index in [4.69, 9.17) is 27.9 Å². The Morgan fingerprint density at radius 1 is 1.16 bits per heavy atom. The van der Waals surface area contributed by atoms with E-state index in [0.717, 1.165) is 15.4 Å². The molecule has 5 nitrogen and oxygen atoms in total. The fraction of sp³-hybridized carbons (Fsp3) is 0.235. The number of esters is 1. The molecule has 132 valence electrons. The first-order valence-corrected chi connectivity index (χ1v) is 9.65. The number of methoxy groups -OCH3 is 1. The number of fused-ring (bicyclic) bond motifs is 1. The number of rotatable bonds is 3. The molecule has 0 saturated heterocycles. The quantitative estimate of drug-likeness (QED) is 0.742. The molecule has 1 atom stereocenters. The second-order valence-corrected chi connectivity index (χ2v) is 8.34. The van der Waals surface area contributed by atoms with Crippen molar-refractivity contribution < 1.29 is 17.9 Å². The predicted molar refractivity (Wildman–Crippen MR) is 95.1 cm³/mol. The van der Waals surface area contributed by atoms with Crippen LogP contribution in [0.25, 0.3) is 0 Å². The Bertz CT molecular complexity index is 930. The standard InChI is InChI=1S/C17H15Cl2NO4S/c1-24-17(21)15-8-11-4-2-3-5-12(11)10-20(15)25(22,23)16-9-13(18)6-7-14(16)19/h2-7,9,15H,8,10H2,1H3/t15-/m0/s1. The molecule has 8 heteroatoms. The van der Waals surface area contributed by atoms with Gasteiger partial charge in [-0.15, -0.1) is 0 Å². The van der Waals surface area contributed by atoms with Gasteiger partial charge in [-0.25, -0.2) is 8.42 Å². The number of nitrogens with zero attached hydrogens (tertiary/aromatic N) is 1. The lowest BCUT2D eigenvalue weighted by Gasteiger charge is -2.34. The van der Waals surface area contributed by atoms with Gasteiger partial charge < -0.3 is 4.74 Å². The minimum Gasteiger partial charge on any atom is -0.468 e. The average molecular weight is 400 g/mol. The SMILES string of the molecule is COC(=O)[C@@H]1Cc2ccccc2CN1S(=O)(=O)c1cc(Cl)ccc1Cl. The van der Waals surface area contributed by atoms with Crippen LogP contribution in [0.2, 0.25) is 10.0 Å². The van der Waals surface area contributed by atoms with E-state index in [1.165, 1.54) is 25.3 Å². The van der Waals surface area contributed by atoms with Gasteiger partial charge in [0.1, 0.15) is 10.9 Å². The van der Waals surface area contributed by atoms with Crippen molar-refractivity contribution in [1.82, 2.24) is 4.31 Å². The Morgan fingerprint density at radius 2 is 1.84 bits per heavy atom. The molecule has 0 radical (unpaired) electrons. The number of hydrogen-bond donors (Lipinski definition) is 0. The van der Waals surface area contributed by atoms with Gasteiger partial charge in [-0.3, -0.25) is 4.79 Å². The van der Waals surface area contributed by atoms with Gasteiger partial charge in [0, 0.05) is 18.0 Å². The summed E-state index contributed by atoms with van der Waals surface area (Å²) in [5, 5.41) is 0.293. The van der Waals surface area contributed by atoms with Gasteiger partial charge >= 0.3 is 5.97 Å². The topological polar surface area (TPSA) is 63.7 Å². The van der Waals surface area contributed by atoms with Gasteiger partial charge in [-0.2, -0.15) is 4.31 Å². The zero-order chi connectivity index (χ0) is 18.2. The van der Waals surface area contributed by atoms with Crippen molar-refractivity contribution in [3.63, 3.8) is 0 Å². The van der Waals surface area contributed by atoms with Gasteiger partial charge in [0.15, 0.2) is 0 Å². The summed E-state index contributed by atoms with van der Waals surface area (Å²) >= 11 is 12.0. The van der Waals surface area contributed by atoms with E-state index in [-0.39, 0.29) is 27.9 Å². The van der Waals surface area contributed by atoms with Crippen LogP contribution in [0.3, 0.4) is 0 Å². The number of hydrogen-bond acceptors (Lipinski definition) is 4. The van der Waals surface area contributed by atoms with E-state index in [1.807, 2.05) is 24.3 Å². The van der Waals surface area contributed by atoms with Crippen LogP contribution in [-0.2, 0) is 32.5 Å². The number of sulfonamides is 1. The van der Waals surface area contributed by atoms with Crippen molar-refractivity contribution >= 4 is 39.2 Å². The summed E-state index contributed by atoms with van der Waals surface area (Å²) in [7, 11) is -2.81. The van der Waals surface area contributed by atoms with E-state index in [9.17, 15) is 13.2 Å². The van der Waals surface area contributed by atoms with Crippen LogP contribution in [0.4, 0.5) is 0 Å². The van der Waals surface area contributed by atoms with Gasteiger partial charge in [-0.1, -0.05) is 47.5 Å². The van der Waals surface area contributed by atoms with Crippen LogP contribution in [-0.4, -0.2) is 31.8 Å². The van der Waals surface area contributed by atoms with E-state index in [2.05, 4.69) is 0 Å². The molecule has 0 amide bonds. The second-order valence-electron chi connectivity index (χ2n) is 5.64. The highest BCUT2D eigenvalue weighted by molar-refractivity contribution is 7.89. The van der Waals surface area contributed by atoms with E-state index in [0.29, 0.717) is 0 Å². The smallest absolute Gasteiger partial charge is 0.324 e. The summed E-state index contributed by atoms with van der Waals surface area (Å²) in [4.78, 5) is 12.1. The number of carbonyl (C=O) groups excluding carboxylic acids is 1. The molecule has 1 heterocycles. The molecule has 0 N–H and O–H groups in total. The van der Waals surface area contributed by atoms with Crippen molar-refractivity contribution in [2.75, 3.05) is 7.11 Å². The predicted octanol–water partition coefficient (Wildman–Crippen LogP) is 3.28. The van der Waals surface area contributed by atoms with E-state index >= 15 is 0 Å². The van der Waals surface area contributed by atoms with Gasteiger partial charge in [-0.05, 0) is 29.3 Å². The van der Waals surface area contributed by atoms with Gasteiger partial charge in [0.2, 0.25) is 10.0 Å². The Hall–Kier alpha value is -1.60.